The van der Waals surface area contributed by atoms with E-state index in [2.05, 4.69) is 5.73 Å². The Balaban J connectivity index is 1.43. The molecule has 0 aromatic heterocycles. The second kappa shape index (κ2) is 7.86. The lowest BCUT2D eigenvalue weighted by Crippen LogP contribution is -2.39. The van der Waals surface area contributed by atoms with Crippen molar-refractivity contribution in [1.82, 2.24) is 0 Å². The summed E-state index contributed by atoms with van der Waals surface area (Å²) in [6, 6.07) is 31.0. The lowest BCUT2D eigenvalue weighted by atomic mass is 10.1. The summed E-state index contributed by atoms with van der Waals surface area (Å²) in [6.07, 6.45) is 0. The van der Waals surface area contributed by atoms with Gasteiger partial charge in [-0.1, -0.05) is 24.3 Å². The number of ether oxygens (including phenoxy) is 2. The highest BCUT2D eigenvalue weighted by Crippen LogP contribution is 2.29. The van der Waals surface area contributed by atoms with Crippen LogP contribution in [-0.4, -0.2) is 0 Å². The summed E-state index contributed by atoms with van der Waals surface area (Å²) in [4.78, 5) is 0. The molecule has 4 nitrogen and oxygen atoms in total. The third kappa shape index (κ3) is 4.31. The average Bonchev–Trinajstić information content (AvgIpc) is 2.73. The fraction of sp³-hybridized carbons (Fsp3) is 0. The van der Waals surface area contributed by atoms with Crippen molar-refractivity contribution in [3.05, 3.63) is 97.1 Å². The Morgan fingerprint density at radius 1 is 0.464 bits per heavy atom. The van der Waals surface area contributed by atoms with Gasteiger partial charge in [-0.3, -0.25) is 0 Å². The van der Waals surface area contributed by atoms with Crippen molar-refractivity contribution >= 4 is 11.4 Å². The quantitative estimate of drug-likeness (QED) is 0.463. The molecule has 0 aliphatic heterocycles. The molecule has 4 heteroatoms. The molecular weight excluding hydrogens is 348 g/mol. The van der Waals surface area contributed by atoms with Crippen LogP contribution in [0.4, 0.5) is 11.4 Å². The molecule has 0 unspecified atom stereocenters. The summed E-state index contributed by atoms with van der Waals surface area (Å²) in [5.74, 6) is 3.13. The van der Waals surface area contributed by atoms with Gasteiger partial charge in [-0.25, -0.2) is 0 Å². The van der Waals surface area contributed by atoms with Crippen LogP contribution in [-0.2, 0) is 0 Å². The van der Waals surface area contributed by atoms with Crippen molar-refractivity contribution in [2.24, 2.45) is 0 Å². The molecule has 0 fully saturated rings. The van der Waals surface area contributed by atoms with E-state index in [-0.39, 0.29) is 0 Å². The molecule has 0 amide bonds. The molecule has 0 spiro atoms. The predicted octanol–water partition coefficient (Wildman–Crippen LogP) is 5.39. The lowest BCUT2D eigenvalue weighted by Gasteiger charge is -2.09. The van der Waals surface area contributed by atoms with Crippen LogP contribution >= 0.6 is 0 Å². The van der Waals surface area contributed by atoms with Crippen LogP contribution in [0.25, 0.3) is 11.1 Å². The largest absolute Gasteiger partial charge is 0.457 e. The van der Waals surface area contributed by atoms with Gasteiger partial charge in [0.1, 0.15) is 28.7 Å². The van der Waals surface area contributed by atoms with Gasteiger partial charge in [-0.2, -0.15) is 0 Å². The molecule has 0 aliphatic rings. The van der Waals surface area contributed by atoms with E-state index >= 15 is 0 Å². The molecule has 0 heterocycles. The normalized spacial score (nSPS) is 10.5. The smallest absolute Gasteiger partial charge is 0.128 e. The van der Waals surface area contributed by atoms with E-state index in [0.717, 1.165) is 45.5 Å². The number of hydrogen-bond donors (Lipinski definition) is 2. The van der Waals surface area contributed by atoms with Crippen LogP contribution in [0, 0.1) is 0 Å². The molecule has 0 radical (unpaired) electrons. The zero-order valence-electron chi connectivity index (χ0n) is 15.3. The molecule has 0 saturated heterocycles. The maximum Gasteiger partial charge on any atom is 0.128 e. The molecule has 138 valence electrons. The van der Waals surface area contributed by atoms with Gasteiger partial charge in [0.25, 0.3) is 0 Å². The third-order valence-corrected chi connectivity index (χ3v) is 4.32. The fourth-order valence-electron chi connectivity index (χ4n) is 2.80. The zero-order chi connectivity index (χ0) is 19.3. The summed E-state index contributed by atoms with van der Waals surface area (Å²) in [6.45, 7) is 0. The van der Waals surface area contributed by atoms with Gasteiger partial charge in [-0.15, -0.1) is 0 Å². The molecule has 4 aromatic rings. The molecule has 0 saturated carbocycles. The second-order valence-electron chi connectivity index (χ2n) is 6.47. The first-order valence-corrected chi connectivity index (χ1v) is 8.99. The minimum Gasteiger partial charge on any atom is -0.457 e. The van der Waals surface area contributed by atoms with E-state index < -0.39 is 0 Å². The maximum atomic E-state index is 5.86. The third-order valence-electron chi connectivity index (χ3n) is 4.32. The Morgan fingerprint density at radius 3 is 1.18 bits per heavy atom. The number of nitrogen functional groups attached to an aromatic ring is 1. The Bertz CT molecular complexity index is 951. The van der Waals surface area contributed by atoms with Crippen molar-refractivity contribution in [1.29, 1.82) is 0 Å². The molecule has 0 bridgehead atoms. The zero-order valence-corrected chi connectivity index (χ0v) is 15.3. The number of anilines is 1. The van der Waals surface area contributed by atoms with Gasteiger partial charge in [0.15, 0.2) is 0 Å². The van der Waals surface area contributed by atoms with Crippen LogP contribution < -0.4 is 20.9 Å². The SMILES string of the molecule is Nc1ccc(Oc2ccc(-c3ccc(Oc4ccc([NH3+])cc4)cc3)cc2)cc1. The average molecular weight is 369 g/mol. The first-order valence-electron chi connectivity index (χ1n) is 8.99. The van der Waals surface area contributed by atoms with Gasteiger partial charge in [-0.05, 0) is 71.8 Å². The molecule has 0 aliphatic carbocycles. The maximum absolute atomic E-state index is 5.86. The van der Waals surface area contributed by atoms with Crippen LogP contribution in [0.2, 0.25) is 0 Å². The van der Waals surface area contributed by atoms with Gasteiger partial charge in [0, 0.05) is 17.8 Å². The first kappa shape index (κ1) is 17.6. The van der Waals surface area contributed by atoms with Gasteiger partial charge in [0.05, 0.1) is 0 Å². The Hall–Kier alpha value is -3.76. The van der Waals surface area contributed by atoms with Crippen molar-refractivity contribution in [3.8, 4) is 34.1 Å². The second-order valence-corrected chi connectivity index (χ2v) is 6.47. The highest BCUT2D eigenvalue weighted by atomic mass is 16.5. The molecule has 28 heavy (non-hydrogen) atoms. The molecule has 0 atom stereocenters. The van der Waals surface area contributed by atoms with E-state index in [9.17, 15) is 0 Å². The molecule has 4 aromatic carbocycles. The summed E-state index contributed by atoms with van der Waals surface area (Å²) in [5, 5.41) is 0. The van der Waals surface area contributed by atoms with Gasteiger partial charge >= 0.3 is 0 Å². The van der Waals surface area contributed by atoms with Crippen LogP contribution in [0.1, 0.15) is 0 Å². The number of benzene rings is 4. The fourth-order valence-corrected chi connectivity index (χ4v) is 2.80. The number of nitrogens with two attached hydrogens (primary N) is 1. The monoisotopic (exact) mass is 369 g/mol. The molecule has 4 rings (SSSR count). The van der Waals surface area contributed by atoms with Crippen molar-refractivity contribution < 1.29 is 15.2 Å². The molecule has 5 N–H and O–H groups in total. The van der Waals surface area contributed by atoms with Crippen molar-refractivity contribution in [2.45, 2.75) is 0 Å². The minimum absolute atomic E-state index is 0.717. The van der Waals surface area contributed by atoms with Crippen molar-refractivity contribution in [2.75, 3.05) is 5.73 Å². The lowest BCUT2D eigenvalue weighted by molar-refractivity contribution is -0.254. The number of rotatable bonds is 5. The first-order chi connectivity index (χ1) is 13.7. The van der Waals surface area contributed by atoms with Crippen molar-refractivity contribution in [3.63, 3.8) is 0 Å². The van der Waals surface area contributed by atoms with Gasteiger partial charge in [0.2, 0.25) is 0 Å². The van der Waals surface area contributed by atoms with E-state index in [0.29, 0.717) is 0 Å². The summed E-state index contributed by atoms with van der Waals surface area (Å²) >= 11 is 0. The summed E-state index contributed by atoms with van der Waals surface area (Å²) in [7, 11) is 0. The van der Waals surface area contributed by atoms with E-state index in [4.69, 9.17) is 15.2 Å². The van der Waals surface area contributed by atoms with E-state index in [1.54, 1.807) is 0 Å². The minimum atomic E-state index is 0.717. The topological polar surface area (TPSA) is 72.1 Å². The Labute approximate surface area is 164 Å². The molecular formula is C24H21N2O2+. The Morgan fingerprint density at radius 2 is 0.786 bits per heavy atom. The van der Waals surface area contributed by atoms with Crippen LogP contribution in [0.3, 0.4) is 0 Å². The predicted molar refractivity (Wildman–Crippen MR) is 112 cm³/mol. The standard InChI is InChI=1S/C24H20N2O2/c25-19-5-13-23(14-6-19)27-21-9-1-17(2-10-21)18-3-11-22(12-4-18)28-24-15-7-20(26)8-16-24/h1-16H,25-26H2/p+1. The van der Waals surface area contributed by atoms with E-state index in [1.165, 1.54) is 0 Å². The number of hydrogen-bond acceptors (Lipinski definition) is 3. The van der Waals surface area contributed by atoms with E-state index in [1.807, 2.05) is 97.1 Å². The number of quaternary nitrogens is 1. The summed E-state index contributed by atoms with van der Waals surface area (Å²) in [5.41, 5.74) is 13.5. The van der Waals surface area contributed by atoms with Gasteiger partial charge < -0.3 is 20.9 Å². The highest BCUT2D eigenvalue weighted by Gasteiger charge is 2.03. The van der Waals surface area contributed by atoms with Crippen LogP contribution in [0.5, 0.6) is 23.0 Å². The highest BCUT2D eigenvalue weighted by molar-refractivity contribution is 5.65. The Kier molecular flexibility index (Phi) is 4.95. The van der Waals surface area contributed by atoms with Crippen LogP contribution in [0.15, 0.2) is 97.1 Å². The summed E-state index contributed by atoms with van der Waals surface area (Å²) < 4.78 is 11.7.